The molecule has 1 aliphatic heterocycles. The van der Waals surface area contributed by atoms with E-state index in [1.165, 1.54) is 9.44 Å². The number of esters is 1. The van der Waals surface area contributed by atoms with Crippen LogP contribution in [0.4, 0.5) is 0 Å². The van der Waals surface area contributed by atoms with Gasteiger partial charge in [0.25, 0.3) is 5.56 Å². The Morgan fingerprint density at radius 1 is 1.52 bits per heavy atom. The summed E-state index contributed by atoms with van der Waals surface area (Å²) in [6, 6.07) is 0. The molecular weight excluding hydrogens is 328 g/mol. The Hall–Kier alpha value is -1.12. The smallest absolute Gasteiger partial charge is 0.326 e. The molecule has 0 aliphatic carbocycles. The Morgan fingerprint density at radius 2 is 2.33 bits per heavy atom. The Kier molecular flexibility index (Phi) is 4.19. The van der Waals surface area contributed by atoms with Crippen LogP contribution >= 0.6 is 35.3 Å². The Labute approximate surface area is 134 Å². The number of hydrogen-bond acceptors (Lipinski definition) is 6. The lowest BCUT2D eigenvalue weighted by atomic mass is 10.1. The van der Waals surface area contributed by atoms with E-state index in [-0.39, 0.29) is 23.5 Å². The van der Waals surface area contributed by atoms with Crippen molar-refractivity contribution >= 4 is 51.5 Å². The molecule has 0 fully saturated rings. The van der Waals surface area contributed by atoms with E-state index in [9.17, 15) is 9.59 Å². The molecule has 0 amide bonds. The Morgan fingerprint density at radius 3 is 3.10 bits per heavy atom. The lowest BCUT2D eigenvalue weighted by Crippen LogP contribution is -2.27. The Bertz CT molecular complexity index is 818. The summed E-state index contributed by atoms with van der Waals surface area (Å²) < 4.78 is 6.47. The number of nitrogens with zero attached hydrogens (tertiary/aromatic N) is 1. The second-order valence-electron chi connectivity index (χ2n) is 4.64. The summed E-state index contributed by atoms with van der Waals surface area (Å²) in [5.74, 6) is 1.51. The number of aryl methyl sites for hydroxylation is 1. The zero-order valence-corrected chi connectivity index (χ0v) is 13.9. The topological polar surface area (TPSA) is 64.1 Å². The number of fused-ring (bicyclic) bond motifs is 3. The molecule has 0 bridgehead atoms. The molecule has 0 spiro atoms. The number of thioether (sulfide) groups is 1. The normalized spacial score (nSPS) is 14.1. The lowest BCUT2D eigenvalue weighted by Gasteiger charge is -2.10. The van der Waals surface area contributed by atoms with Gasteiger partial charge in [0.05, 0.1) is 12.0 Å². The van der Waals surface area contributed by atoms with Gasteiger partial charge in [-0.05, 0) is 36.9 Å². The van der Waals surface area contributed by atoms with E-state index < -0.39 is 5.97 Å². The van der Waals surface area contributed by atoms with Crippen molar-refractivity contribution in [1.29, 1.82) is 0 Å². The molecule has 1 N–H and O–H groups in total. The monoisotopic (exact) mass is 342 g/mol. The first-order valence-corrected chi connectivity index (χ1v) is 9.00. The first kappa shape index (κ1) is 14.8. The van der Waals surface area contributed by atoms with E-state index in [4.69, 9.17) is 17.0 Å². The highest BCUT2D eigenvalue weighted by Crippen LogP contribution is 2.35. The third kappa shape index (κ3) is 2.67. The first-order chi connectivity index (χ1) is 10.1. The van der Waals surface area contributed by atoms with Gasteiger partial charge < -0.3 is 9.72 Å². The fourth-order valence-electron chi connectivity index (χ4n) is 2.42. The number of aromatic nitrogens is 2. The molecule has 3 heterocycles. The molecule has 112 valence electrons. The van der Waals surface area contributed by atoms with Gasteiger partial charge in [0.2, 0.25) is 0 Å². The van der Waals surface area contributed by atoms with Crippen LogP contribution in [0.15, 0.2) is 4.79 Å². The zero-order valence-electron chi connectivity index (χ0n) is 11.4. The maximum atomic E-state index is 12.7. The van der Waals surface area contributed by atoms with E-state index in [1.54, 1.807) is 18.3 Å². The molecule has 0 saturated carbocycles. The van der Waals surface area contributed by atoms with Gasteiger partial charge in [0, 0.05) is 10.6 Å². The van der Waals surface area contributed by atoms with E-state index in [1.807, 2.05) is 11.8 Å². The van der Waals surface area contributed by atoms with Crippen LogP contribution in [-0.4, -0.2) is 27.9 Å². The summed E-state index contributed by atoms with van der Waals surface area (Å²) in [6.45, 7) is 1.88. The van der Waals surface area contributed by atoms with Crippen LogP contribution in [-0.2, 0) is 28.2 Å². The molecule has 1 aliphatic rings. The fraction of sp³-hybridized carbons (Fsp3) is 0.462. The minimum atomic E-state index is -0.446. The summed E-state index contributed by atoms with van der Waals surface area (Å²) in [4.78, 5) is 29.5. The van der Waals surface area contributed by atoms with Gasteiger partial charge in [-0.25, -0.2) is 0 Å². The zero-order chi connectivity index (χ0) is 15.0. The minimum absolute atomic E-state index is 0.142. The molecule has 2 aromatic heterocycles. The summed E-state index contributed by atoms with van der Waals surface area (Å²) in [5, 5.41) is 0.688. The number of rotatable bonds is 3. The number of carbonyl (C=O) groups is 1. The Balaban J connectivity index is 2.16. The summed E-state index contributed by atoms with van der Waals surface area (Å²) >= 11 is 8.68. The van der Waals surface area contributed by atoms with Crippen molar-refractivity contribution in [3.05, 3.63) is 25.6 Å². The van der Waals surface area contributed by atoms with Crippen LogP contribution in [0.1, 0.15) is 17.4 Å². The molecule has 0 unspecified atom stereocenters. The molecule has 5 nitrogen and oxygen atoms in total. The van der Waals surface area contributed by atoms with Gasteiger partial charge >= 0.3 is 5.97 Å². The number of aromatic amines is 1. The fourth-order valence-corrected chi connectivity index (χ4v) is 5.10. The van der Waals surface area contributed by atoms with Crippen LogP contribution in [0.25, 0.3) is 10.2 Å². The molecular formula is C13H14N2O3S3. The second kappa shape index (κ2) is 5.94. The van der Waals surface area contributed by atoms with Crippen LogP contribution < -0.4 is 5.56 Å². The predicted octanol–water partition coefficient (Wildman–Crippen LogP) is 2.47. The molecule has 8 heteroatoms. The second-order valence-corrected chi connectivity index (χ2v) is 7.23. The van der Waals surface area contributed by atoms with Crippen LogP contribution in [0.5, 0.6) is 0 Å². The molecule has 0 aromatic carbocycles. The number of H-pyrrole nitrogens is 1. The highest BCUT2D eigenvalue weighted by atomic mass is 32.2. The van der Waals surface area contributed by atoms with E-state index in [0.717, 1.165) is 28.3 Å². The highest BCUT2D eigenvalue weighted by Gasteiger charge is 2.21. The van der Waals surface area contributed by atoms with Gasteiger partial charge in [0.15, 0.2) is 4.77 Å². The first-order valence-electron chi connectivity index (χ1n) is 6.62. The summed E-state index contributed by atoms with van der Waals surface area (Å²) in [7, 11) is 0. The van der Waals surface area contributed by atoms with Crippen molar-refractivity contribution in [2.45, 2.75) is 25.6 Å². The highest BCUT2D eigenvalue weighted by molar-refractivity contribution is 7.98. The van der Waals surface area contributed by atoms with Crippen molar-refractivity contribution in [2.24, 2.45) is 0 Å². The van der Waals surface area contributed by atoms with Gasteiger partial charge in [-0.2, -0.15) is 11.8 Å². The number of hydrogen-bond donors (Lipinski definition) is 1. The number of ether oxygens (including phenoxy) is 1. The average Bonchev–Trinajstić information content (AvgIpc) is 2.81. The predicted molar refractivity (Wildman–Crippen MR) is 87.8 cm³/mol. The van der Waals surface area contributed by atoms with Crippen molar-refractivity contribution < 1.29 is 9.53 Å². The maximum absolute atomic E-state index is 12.7. The number of carbonyl (C=O) groups excluding carboxylic acids is 1. The molecule has 21 heavy (non-hydrogen) atoms. The molecule has 2 aromatic rings. The lowest BCUT2D eigenvalue weighted by molar-refractivity contribution is -0.143. The van der Waals surface area contributed by atoms with Crippen LogP contribution in [0.3, 0.4) is 0 Å². The molecule has 0 atom stereocenters. The van der Waals surface area contributed by atoms with Crippen molar-refractivity contribution in [1.82, 2.24) is 9.55 Å². The van der Waals surface area contributed by atoms with Crippen molar-refractivity contribution in [3.8, 4) is 0 Å². The quantitative estimate of drug-likeness (QED) is 0.686. The summed E-state index contributed by atoms with van der Waals surface area (Å²) in [5.41, 5.74) is 0.925. The third-order valence-electron chi connectivity index (χ3n) is 3.34. The molecule has 3 rings (SSSR count). The van der Waals surface area contributed by atoms with Gasteiger partial charge in [-0.1, -0.05) is 0 Å². The van der Waals surface area contributed by atoms with Crippen molar-refractivity contribution in [3.63, 3.8) is 0 Å². The van der Waals surface area contributed by atoms with Crippen LogP contribution in [0.2, 0.25) is 0 Å². The average molecular weight is 342 g/mol. The van der Waals surface area contributed by atoms with Crippen LogP contribution in [0, 0.1) is 4.77 Å². The molecule has 0 radical (unpaired) electrons. The van der Waals surface area contributed by atoms with Gasteiger partial charge in [0.1, 0.15) is 11.4 Å². The van der Waals surface area contributed by atoms with Crippen molar-refractivity contribution in [2.75, 3.05) is 12.4 Å². The van der Waals surface area contributed by atoms with E-state index in [2.05, 4.69) is 4.98 Å². The number of thiophene rings is 1. The van der Waals surface area contributed by atoms with Gasteiger partial charge in [-0.15, -0.1) is 11.3 Å². The maximum Gasteiger partial charge on any atom is 0.326 e. The number of nitrogens with one attached hydrogen (secondary N) is 1. The standard InChI is InChI=1S/C13H14N2O3S3/c1-2-18-9(16)5-15-12(17)10-7-3-4-20-6-8(7)21-11(10)14-13(15)19/h2-6H2,1H3,(H,14,19). The van der Waals surface area contributed by atoms with E-state index >= 15 is 0 Å². The summed E-state index contributed by atoms with van der Waals surface area (Å²) in [6.07, 6.45) is 0.888. The minimum Gasteiger partial charge on any atom is -0.465 e. The largest absolute Gasteiger partial charge is 0.465 e. The van der Waals surface area contributed by atoms with Gasteiger partial charge in [-0.3, -0.25) is 14.2 Å². The third-order valence-corrected chi connectivity index (χ3v) is 5.98. The van der Waals surface area contributed by atoms with E-state index in [0.29, 0.717) is 5.39 Å². The SMILES string of the molecule is CCOC(=O)Cn1c(=S)[nH]c2sc3c(c2c1=O)CCSC3. The molecule has 0 saturated heterocycles.